The van der Waals surface area contributed by atoms with Gasteiger partial charge in [-0.05, 0) is 30.9 Å². The minimum Gasteiger partial charge on any atom is -0.464 e. The summed E-state index contributed by atoms with van der Waals surface area (Å²) < 4.78 is 5.37. The topological polar surface area (TPSA) is 38.1 Å². The number of nitrogens with one attached hydrogen (secondary N) is 1. The van der Waals surface area contributed by atoms with Crippen LogP contribution in [0, 0.1) is 5.92 Å². The van der Waals surface area contributed by atoms with Gasteiger partial charge in [0.05, 0.1) is 11.6 Å². The third-order valence-corrected chi connectivity index (χ3v) is 3.56. The van der Waals surface area contributed by atoms with Crippen LogP contribution in [0.4, 0.5) is 5.82 Å². The van der Waals surface area contributed by atoms with Crippen molar-refractivity contribution in [2.45, 2.75) is 32.2 Å². The molecule has 0 spiro atoms. The van der Waals surface area contributed by atoms with Crippen LogP contribution in [0.15, 0.2) is 29.0 Å². The van der Waals surface area contributed by atoms with Gasteiger partial charge in [-0.15, -0.1) is 0 Å². The number of nitrogens with zero attached hydrogens (tertiary/aromatic N) is 1. The highest BCUT2D eigenvalue weighted by atomic mass is 16.3. The Labute approximate surface area is 94.9 Å². The molecular weight excluding hydrogens is 200 g/mol. The lowest BCUT2D eigenvalue weighted by molar-refractivity contribution is 0.555. The van der Waals surface area contributed by atoms with Crippen LogP contribution in [0.3, 0.4) is 0 Å². The molecule has 0 saturated heterocycles. The smallest absolute Gasteiger partial charge is 0.139 e. The Hall–Kier alpha value is -1.51. The summed E-state index contributed by atoms with van der Waals surface area (Å²) in [5, 5.41) is 4.63. The molecule has 1 saturated carbocycles. The summed E-state index contributed by atoms with van der Waals surface area (Å²) in [6.07, 6.45) is 7.40. The zero-order valence-corrected chi connectivity index (χ0v) is 9.44. The highest BCUT2D eigenvalue weighted by Gasteiger charge is 2.23. The van der Waals surface area contributed by atoms with Gasteiger partial charge in [0.1, 0.15) is 11.4 Å². The molecule has 1 aliphatic carbocycles. The lowest BCUT2D eigenvalue weighted by atomic mass is 10.1. The molecule has 3 heteroatoms. The number of fused-ring (bicyclic) bond motifs is 1. The van der Waals surface area contributed by atoms with E-state index in [2.05, 4.69) is 17.2 Å². The fourth-order valence-electron chi connectivity index (χ4n) is 2.55. The molecule has 2 aromatic rings. The van der Waals surface area contributed by atoms with E-state index in [0.717, 1.165) is 22.7 Å². The molecule has 16 heavy (non-hydrogen) atoms. The number of furan rings is 1. The quantitative estimate of drug-likeness (QED) is 0.835. The number of hydrogen-bond acceptors (Lipinski definition) is 3. The molecule has 1 fully saturated rings. The van der Waals surface area contributed by atoms with E-state index in [-0.39, 0.29) is 0 Å². The number of rotatable bonds is 2. The molecule has 0 aliphatic heterocycles. The van der Waals surface area contributed by atoms with Gasteiger partial charge in [-0.3, -0.25) is 0 Å². The van der Waals surface area contributed by atoms with Gasteiger partial charge in [0.2, 0.25) is 0 Å². The fourth-order valence-corrected chi connectivity index (χ4v) is 2.55. The monoisotopic (exact) mass is 216 g/mol. The van der Waals surface area contributed by atoms with Crippen molar-refractivity contribution in [3.05, 3.63) is 24.6 Å². The van der Waals surface area contributed by atoms with Crippen molar-refractivity contribution in [1.29, 1.82) is 0 Å². The van der Waals surface area contributed by atoms with Crippen LogP contribution in [-0.4, -0.2) is 11.0 Å². The second kappa shape index (κ2) is 3.81. The highest BCUT2D eigenvalue weighted by Crippen LogP contribution is 2.30. The standard InChI is InChI=1S/C13H16N2O/c1-9-3-2-4-11(9)15-13-10-6-8-16-12(10)5-7-14-13/h5-9,11H,2-4H2,1H3,(H,14,15). The third kappa shape index (κ3) is 1.56. The lowest BCUT2D eigenvalue weighted by Crippen LogP contribution is -2.22. The normalized spacial score (nSPS) is 25.1. The molecule has 3 rings (SSSR count). The minimum atomic E-state index is 0.563. The van der Waals surface area contributed by atoms with Gasteiger partial charge < -0.3 is 9.73 Å². The van der Waals surface area contributed by atoms with Gasteiger partial charge in [0.15, 0.2) is 0 Å². The van der Waals surface area contributed by atoms with E-state index in [9.17, 15) is 0 Å². The van der Waals surface area contributed by atoms with Crippen LogP contribution in [-0.2, 0) is 0 Å². The second-order valence-electron chi connectivity index (χ2n) is 4.65. The number of aromatic nitrogens is 1. The minimum absolute atomic E-state index is 0.563. The molecule has 2 heterocycles. The molecule has 0 amide bonds. The Bertz CT molecular complexity index is 491. The maximum atomic E-state index is 5.37. The molecule has 2 aromatic heterocycles. The Morgan fingerprint density at radius 2 is 2.31 bits per heavy atom. The average Bonchev–Trinajstić information content (AvgIpc) is 2.89. The first kappa shape index (κ1) is 9.70. The first-order valence-corrected chi connectivity index (χ1v) is 5.93. The van der Waals surface area contributed by atoms with Crippen LogP contribution in [0.1, 0.15) is 26.2 Å². The van der Waals surface area contributed by atoms with Crippen molar-refractivity contribution in [3.8, 4) is 0 Å². The summed E-state index contributed by atoms with van der Waals surface area (Å²) in [5.74, 6) is 1.70. The number of hydrogen-bond donors (Lipinski definition) is 1. The van der Waals surface area contributed by atoms with Crippen molar-refractivity contribution in [2.24, 2.45) is 5.92 Å². The van der Waals surface area contributed by atoms with E-state index >= 15 is 0 Å². The molecule has 0 bridgehead atoms. The maximum Gasteiger partial charge on any atom is 0.139 e. The average molecular weight is 216 g/mol. The van der Waals surface area contributed by atoms with Crippen molar-refractivity contribution < 1.29 is 4.42 Å². The van der Waals surface area contributed by atoms with Crippen LogP contribution in [0.2, 0.25) is 0 Å². The first-order valence-electron chi connectivity index (χ1n) is 5.93. The Kier molecular flexibility index (Phi) is 2.31. The molecule has 84 valence electrons. The predicted molar refractivity (Wildman–Crippen MR) is 64.4 cm³/mol. The first-order chi connectivity index (χ1) is 7.84. The number of anilines is 1. The van der Waals surface area contributed by atoms with E-state index in [4.69, 9.17) is 4.42 Å². The van der Waals surface area contributed by atoms with Crippen LogP contribution >= 0.6 is 0 Å². The van der Waals surface area contributed by atoms with Gasteiger partial charge >= 0.3 is 0 Å². The summed E-state index contributed by atoms with van der Waals surface area (Å²) in [7, 11) is 0. The number of pyridine rings is 1. The molecule has 3 nitrogen and oxygen atoms in total. The molecule has 0 aromatic carbocycles. The molecule has 0 radical (unpaired) electrons. The molecule has 1 aliphatic rings. The summed E-state index contributed by atoms with van der Waals surface area (Å²) in [6.45, 7) is 2.31. The Morgan fingerprint density at radius 1 is 1.38 bits per heavy atom. The largest absolute Gasteiger partial charge is 0.464 e. The summed E-state index contributed by atoms with van der Waals surface area (Å²) in [4.78, 5) is 4.41. The van der Waals surface area contributed by atoms with Crippen molar-refractivity contribution in [3.63, 3.8) is 0 Å². The van der Waals surface area contributed by atoms with Gasteiger partial charge in [0.25, 0.3) is 0 Å². The maximum absolute atomic E-state index is 5.37. The Morgan fingerprint density at radius 3 is 3.12 bits per heavy atom. The van der Waals surface area contributed by atoms with Gasteiger partial charge in [0, 0.05) is 12.2 Å². The summed E-state index contributed by atoms with van der Waals surface area (Å²) in [6, 6.07) is 4.44. The SMILES string of the molecule is CC1CCCC1Nc1nccc2occc12. The van der Waals surface area contributed by atoms with E-state index in [1.54, 1.807) is 12.5 Å². The third-order valence-electron chi connectivity index (χ3n) is 3.56. The van der Waals surface area contributed by atoms with Gasteiger partial charge in [-0.2, -0.15) is 0 Å². The zero-order chi connectivity index (χ0) is 11.0. The summed E-state index contributed by atoms with van der Waals surface area (Å²) >= 11 is 0. The van der Waals surface area contributed by atoms with Crippen molar-refractivity contribution in [2.75, 3.05) is 5.32 Å². The second-order valence-corrected chi connectivity index (χ2v) is 4.65. The van der Waals surface area contributed by atoms with Crippen LogP contribution < -0.4 is 5.32 Å². The van der Waals surface area contributed by atoms with E-state index in [1.165, 1.54) is 19.3 Å². The highest BCUT2D eigenvalue weighted by molar-refractivity contribution is 5.87. The summed E-state index contributed by atoms with van der Waals surface area (Å²) in [5.41, 5.74) is 0.906. The van der Waals surface area contributed by atoms with Crippen molar-refractivity contribution in [1.82, 2.24) is 4.98 Å². The van der Waals surface area contributed by atoms with E-state index < -0.39 is 0 Å². The molecule has 2 atom stereocenters. The van der Waals surface area contributed by atoms with Crippen molar-refractivity contribution >= 4 is 16.8 Å². The van der Waals surface area contributed by atoms with E-state index in [1.807, 2.05) is 12.1 Å². The molecule has 1 N–H and O–H groups in total. The van der Waals surface area contributed by atoms with Crippen LogP contribution in [0.5, 0.6) is 0 Å². The zero-order valence-electron chi connectivity index (χ0n) is 9.44. The van der Waals surface area contributed by atoms with Gasteiger partial charge in [-0.25, -0.2) is 4.98 Å². The molecular formula is C13H16N2O. The Balaban J connectivity index is 1.91. The van der Waals surface area contributed by atoms with Crippen LogP contribution in [0.25, 0.3) is 11.0 Å². The van der Waals surface area contributed by atoms with E-state index in [0.29, 0.717) is 6.04 Å². The lowest BCUT2D eigenvalue weighted by Gasteiger charge is -2.18. The fraction of sp³-hybridized carbons (Fsp3) is 0.462. The predicted octanol–water partition coefficient (Wildman–Crippen LogP) is 3.43. The van der Waals surface area contributed by atoms with Gasteiger partial charge in [-0.1, -0.05) is 13.3 Å². The molecule has 2 unspecified atom stereocenters.